The maximum Gasteiger partial charge on any atom is 0.248 e. The van der Waals surface area contributed by atoms with E-state index in [9.17, 15) is 4.39 Å². The third-order valence-electron chi connectivity index (χ3n) is 2.99. The van der Waals surface area contributed by atoms with Crippen LogP contribution in [0, 0.1) is 5.82 Å². The highest BCUT2D eigenvalue weighted by molar-refractivity contribution is 5.58. The molecule has 0 radical (unpaired) electrons. The van der Waals surface area contributed by atoms with Crippen molar-refractivity contribution in [2.24, 2.45) is 0 Å². The first kappa shape index (κ1) is 14.0. The van der Waals surface area contributed by atoms with Gasteiger partial charge >= 0.3 is 0 Å². The van der Waals surface area contributed by atoms with Crippen molar-refractivity contribution >= 4 is 0 Å². The highest BCUT2D eigenvalue weighted by Crippen LogP contribution is 2.25. The second kappa shape index (κ2) is 6.22. The van der Waals surface area contributed by atoms with Crippen LogP contribution in [0.15, 0.2) is 65.6 Å². The van der Waals surface area contributed by atoms with E-state index in [2.05, 4.69) is 16.8 Å². The van der Waals surface area contributed by atoms with Crippen LogP contribution >= 0.6 is 0 Å². The monoisotopic (exact) mass is 296 g/mol. The van der Waals surface area contributed by atoms with E-state index in [0.717, 1.165) is 11.3 Å². The zero-order chi connectivity index (χ0) is 15.4. The van der Waals surface area contributed by atoms with E-state index in [1.165, 1.54) is 12.1 Å². The fraction of sp³-hybridized carbons (Fsp3) is 0.0588. The van der Waals surface area contributed by atoms with Gasteiger partial charge < -0.3 is 9.15 Å². The summed E-state index contributed by atoms with van der Waals surface area (Å²) in [6.07, 6.45) is 1.68. The normalized spacial score (nSPS) is 10.4. The molecule has 0 atom stereocenters. The highest BCUT2D eigenvalue weighted by atomic mass is 19.1. The maximum absolute atomic E-state index is 12.9. The van der Waals surface area contributed by atoms with Gasteiger partial charge in [-0.25, -0.2) is 4.39 Å². The molecular weight excluding hydrogens is 283 g/mol. The van der Waals surface area contributed by atoms with Crippen molar-refractivity contribution in [2.75, 3.05) is 6.61 Å². The first-order valence-electron chi connectivity index (χ1n) is 6.70. The van der Waals surface area contributed by atoms with Crippen molar-refractivity contribution in [3.8, 4) is 28.7 Å². The van der Waals surface area contributed by atoms with E-state index in [1.54, 1.807) is 18.2 Å². The number of rotatable bonds is 5. The van der Waals surface area contributed by atoms with Gasteiger partial charge in [0.05, 0.1) is 0 Å². The van der Waals surface area contributed by atoms with Crippen LogP contribution in [0.4, 0.5) is 4.39 Å². The Labute approximate surface area is 126 Å². The van der Waals surface area contributed by atoms with Crippen molar-refractivity contribution in [3.63, 3.8) is 0 Å². The number of benzene rings is 2. The maximum atomic E-state index is 12.9. The molecule has 0 aliphatic rings. The van der Waals surface area contributed by atoms with Crippen LogP contribution in [0.25, 0.3) is 22.9 Å². The van der Waals surface area contributed by atoms with Crippen molar-refractivity contribution < 1.29 is 13.5 Å². The molecule has 0 N–H and O–H groups in total. The molecule has 0 fully saturated rings. The summed E-state index contributed by atoms with van der Waals surface area (Å²) in [5.41, 5.74) is 1.46. The molecule has 0 amide bonds. The second-order valence-corrected chi connectivity index (χ2v) is 4.54. The molecule has 4 nitrogen and oxygen atoms in total. The lowest BCUT2D eigenvalue weighted by atomic mass is 10.2. The van der Waals surface area contributed by atoms with Gasteiger partial charge in [0.15, 0.2) is 0 Å². The Balaban J connectivity index is 1.81. The van der Waals surface area contributed by atoms with Crippen LogP contribution in [0.3, 0.4) is 0 Å². The molecule has 0 aliphatic heterocycles. The third kappa shape index (κ3) is 3.03. The molecule has 3 aromatic rings. The minimum atomic E-state index is -0.307. The molecular formula is C17H13FN2O2. The van der Waals surface area contributed by atoms with Gasteiger partial charge in [-0.2, -0.15) is 0 Å². The molecule has 0 bridgehead atoms. The molecule has 1 heterocycles. The summed E-state index contributed by atoms with van der Waals surface area (Å²) in [6.45, 7) is 4.05. The molecule has 0 aliphatic carbocycles. The minimum absolute atomic E-state index is 0.307. The van der Waals surface area contributed by atoms with E-state index in [4.69, 9.17) is 9.15 Å². The topological polar surface area (TPSA) is 48.2 Å². The van der Waals surface area contributed by atoms with Crippen LogP contribution in [-0.4, -0.2) is 16.8 Å². The SMILES string of the molecule is C=CCOc1ccc(-c2nnc(-c3ccc(F)cc3)o2)cc1. The van der Waals surface area contributed by atoms with Gasteiger partial charge in [-0.1, -0.05) is 12.7 Å². The average molecular weight is 296 g/mol. The third-order valence-corrected chi connectivity index (χ3v) is 2.99. The second-order valence-electron chi connectivity index (χ2n) is 4.54. The Morgan fingerprint density at radius 1 is 0.955 bits per heavy atom. The molecule has 0 saturated carbocycles. The smallest absolute Gasteiger partial charge is 0.248 e. The zero-order valence-corrected chi connectivity index (χ0v) is 11.7. The van der Waals surface area contributed by atoms with Crippen LogP contribution in [0.2, 0.25) is 0 Å². The summed E-state index contributed by atoms with van der Waals surface area (Å²) in [6, 6.07) is 13.2. The predicted octanol–water partition coefficient (Wildman–Crippen LogP) is 4.11. The molecule has 5 heteroatoms. The van der Waals surface area contributed by atoms with Gasteiger partial charge in [0.25, 0.3) is 0 Å². The standard InChI is InChI=1S/C17H13FN2O2/c1-2-11-21-15-9-5-13(6-10-15)17-20-19-16(22-17)12-3-7-14(18)8-4-12/h2-10H,1,11H2. The molecule has 2 aromatic carbocycles. The average Bonchev–Trinajstić information content (AvgIpc) is 3.04. The van der Waals surface area contributed by atoms with Gasteiger partial charge in [0.1, 0.15) is 18.2 Å². The lowest BCUT2D eigenvalue weighted by Gasteiger charge is -2.02. The largest absolute Gasteiger partial charge is 0.490 e. The first-order valence-corrected chi connectivity index (χ1v) is 6.70. The summed E-state index contributed by atoms with van der Waals surface area (Å²) in [7, 11) is 0. The highest BCUT2D eigenvalue weighted by Gasteiger charge is 2.10. The summed E-state index contributed by atoms with van der Waals surface area (Å²) < 4.78 is 23.9. The fourth-order valence-electron chi connectivity index (χ4n) is 1.90. The molecule has 0 unspecified atom stereocenters. The number of aromatic nitrogens is 2. The molecule has 22 heavy (non-hydrogen) atoms. The van der Waals surface area contributed by atoms with Crippen LogP contribution < -0.4 is 4.74 Å². The molecule has 110 valence electrons. The summed E-state index contributed by atoms with van der Waals surface area (Å²) in [5, 5.41) is 7.99. The number of hydrogen-bond donors (Lipinski definition) is 0. The van der Waals surface area contributed by atoms with Crippen molar-refractivity contribution in [1.82, 2.24) is 10.2 Å². The number of halogens is 1. The van der Waals surface area contributed by atoms with Crippen LogP contribution in [0.5, 0.6) is 5.75 Å². The predicted molar refractivity (Wildman–Crippen MR) is 80.8 cm³/mol. The Kier molecular flexibility index (Phi) is 3.96. The number of hydrogen-bond acceptors (Lipinski definition) is 4. The lowest BCUT2D eigenvalue weighted by Crippen LogP contribution is -1.92. The van der Waals surface area contributed by atoms with Crippen molar-refractivity contribution in [1.29, 1.82) is 0 Å². The van der Waals surface area contributed by atoms with E-state index in [0.29, 0.717) is 24.0 Å². The van der Waals surface area contributed by atoms with E-state index < -0.39 is 0 Å². The van der Waals surface area contributed by atoms with E-state index >= 15 is 0 Å². The number of nitrogens with zero attached hydrogens (tertiary/aromatic N) is 2. The Bertz CT molecular complexity index is 764. The van der Waals surface area contributed by atoms with Gasteiger partial charge in [-0.15, -0.1) is 10.2 Å². The molecule has 1 aromatic heterocycles. The zero-order valence-electron chi connectivity index (χ0n) is 11.7. The van der Waals surface area contributed by atoms with Crippen LogP contribution in [0.1, 0.15) is 0 Å². The van der Waals surface area contributed by atoms with Crippen molar-refractivity contribution in [2.45, 2.75) is 0 Å². The summed E-state index contributed by atoms with van der Waals surface area (Å²) in [4.78, 5) is 0. The number of ether oxygens (including phenoxy) is 1. The van der Waals surface area contributed by atoms with Gasteiger partial charge in [-0.3, -0.25) is 0 Å². The van der Waals surface area contributed by atoms with Gasteiger partial charge in [0.2, 0.25) is 11.8 Å². The Morgan fingerprint density at radius 2 is 1.50 bits per heavy atom. The molecule has 3 rings (SSSR count). The van der Waals surface area contributed by atoms with Gasteiger partial charge in [0, 0.05) is 11.1 Å². The van der Waals surface area contributed by atoms with Crippen molar-refractivity contribution in [3.05, 3.63) is 67.0 Å². The Hall–Kier alpha value is -2.95. The van der Waals surface area contributed by atoms with E-state index in [1.807, 2.05) is 24.3 Å². The summed E-state index contributed by atoms with van der Waals surface area (Å²) >= 11 is 0. The fourth-order valence-corrected chi connectivity index (χ4v) is 1.90. The first-order chi connectivity index (χ1) is 10.8. The minimum Gasteiger partial charge on any atom is -0.490 e. The van der Waals surface area contributed by atoms with Gasteiger partial charge in [-0.05, 0) is 48.5 Å². The quantitative estimate of drug-likeness (QED) is 0.665. The Morgan fingerprint density at radius 3 is 2.05 bits per heavy atom. The summed E-state index contributed by atoms with van der Waals surface area (Å²) in [5.74, 6) is 1.18. The molecule has 0 saturated heterocycles. The molecule has 0 spiro atoms. The van der Waals surface area contributed by atoms with E-state index in [-0.39, 0.29) is 5.82 Å². The lowest BCUT2D eigenvalue weighted by molar-refractivity contribution is 0.363. The van der Waals surface area contributed by atoms with Crippen LogP contribution in [-0.2, 0) is 0 Å².